The normalized spacial score (nSPS) is 13.3. The summed E-state index contributed by atoms with van der Waals surface area (Å²) in [4.78, 5) is 5.35. The monoisotopic (exact) mass is 283 g/mol. The molecule has 0 aliphatic heterocycles. The Morgan fingerprint density at radius 3 is 3.00 bits per heavy atom. The van der Waals surface area contributed by atoms with E-state index in [1.807, 2.05) is 25.3 Å². The summed E-state index contributed by atoms with van der Waals surface area (Å²) < 4.78 is 5.90. The average molecular weight is 284 g/mol. The first-order valence-electron chi connectivity index (χ1n) is 5.60. The molecule has 2 heterocycles. The molecule has 0 aromatic carbocycles. The van der Waals surface area contributed by atoms with Crippen LogP contribution >= 0.6 is 22.9 Å². The predicted molar refractivity (Wildman–Crippen MR) is 74.8 cm³/mol. The van der Waals surface area contributed by atoms with Crippen molar-refractivity contribution < 1.29 is 4.52 Å². The van der Waals surface area contributed by atoms with E-state index in [1.165, 1.54) is 11.3 Å². The molecule has 0 saturated heterocycles. The van der Waals surface area contributed by atoms with Crippen LogP contribution in [0.5, 0.6) is 0 Å². The molecule has 2 rings (SSSR count). The van der Waals surface area contributed by atoms with Gasteiger partial charge in [0.2, 0.25) is 0 Å². The number of thiophene rings is 1. The number of halogens is 1. The van der Waals surface area contributed by atoms with Gasteiger partial charge in [0.05, 0.1) is 4.34 Å². The van der Waals surface area contributed by atoms with Crippen molar-refractivity contribution in [2.24, 2.45) is 0 Å². The maximum absolute atomic E-state index is 5.85. The van der Waals surface area contributed by atoms with Crippen molar-refractivity contribution in [1.82, 2.24) is 15.5 Å². The standard InChI is InChI=1S/C12H14ClN3OS/c1-8(14-2)7-11-15-12(17-16-11)6-4-9-3-5-10(13)18-9/h3-6,8,14H,7H2,1-2H3/b6-4+. The van der Waals surface area contributed by atoms with E-state index in [9.17, 15) is 0 Å². The molecule has 0 spiro atoms. The minimum absolute atomic E-state index is 0.329. The summed E-state index contributed by atoms with van der Waals surface area (Å²) in [5.41, 5.74) is 0. The lowest BCUT2D eigenvalue weighted by Gasteiger charge is -2.04. The zero-order valence-electron chi connectivity index (χ0n) is 10.2. The van der Waals surface area contributed by atoms with E-state index in [0.717, 1.165) is 15.6 Å². The minimum atomic E-state index is 0.329. The average Bonchev–Trinajstić information content (AvgIpc) is 2.96. The van der Waals surface area contributed by atoms with Crippen molar-refractivity contribution in [2.45, 2.75) is 19.4 Å². The van der Waals surface area contributed by atoms with Gasteiger partial charge in [0.25, 0.3) is 5.89 Å². The highest BCUT2D eigenvalue weighted by atomic mass is 35.5. The van der Waals surface area contributed by atoms with Gasteiger partial charge in [-0.05, 0) is 32.2 Å². The molecule has 4 nitrogen and oxygen atoms in total. The number of hydrogen-bond acceptors (Lipinski definition) is 5. The van der Waals surface area contributed by atoms with Crippen LogP contribution in [0.15, 0.2) is 16.7 Å². The highest BCUT2D eigenvalue weighted by molar-refractivity contribution is 7.17. The topological polar surface area (TPSA) is 51.0 Å². The van der Waals surface area contributed by atoms with Gasteiger partial charge in [-0.2, -0.15) is 4.98 Å². The molecule has 0 radical (unpaired) electrons. The number of hydrogen-bond donors (Lipinski definition) is 1. The Morgan fingerprint density at radius 1 is 1.50 bits per heavy atom. The van der Waals surface area contributed by atoms with Crippen molar-refractivity contribution in [3.63, 3.8) is 0 Å². The fourth-order valence-corrected chi connectivity index (χ4v) is 2.33. The van der Waals surface area contributed by atoms with Crippen LogP contribution in [0.3, 0.4) is 0 Å². The summed E-state index contributed by atoms with van der Waals surface area (Å²) >= 11 is 7.35. The predicted octanol–water partition coefficient (Wildman–Crippen LogP) is 3.11. The van der Waals surface area contributed by atoms with E-state index in [-0.39, 0.29) is 0 Å². The SMILES string of the molecule is CNC(C)Cc1noc(/C=C/c2ccc(Cl)s2)n1. The molecule has 0 fully saturated rings. The molecule has 18 heavy (non-hydrogen) atoms. The van der Waals surface area contributed by atoms with Gasteiger partial charge in [-0.1, -0.05) is 16.8 Å². The highest BCUT2D eigenvalue weighted by Gasteiger charge is 2.07. The summed E-state index contributed by atoms with van der Waals surface area (Å²) in [7, 11) is 1.91. The molecular weight excluding hydrogens is 270 g/mol. The van der Waals surface area contributed by atoms with Gasteiger partial charge < -0.3 is 9.84 Å². The second-order valence-corrected chi connectivity index (χ2v) is 5.66. The Morgan fingerprint density at radius 2 is 2.33 bits per heavy atom. The van der Waals surface area contributed by atoms with Gasteiger partial charge in [0.1, 0.15) is 0 Å². The summed E-state index contributed by atoms with van der Waals surface area (Å²) in [6, 6.07) is 4.14. The van der Waals surface area contributed by atoms with Crippen molar-refractivity contribution in [2.75, 3.05) is 7.05 Å². The summed E-state index contributed by atoms with van der Waals surface area (Å²) in [6.07, 6.45) is 4.46. The first kappa shape index (κ1) is 13.3. The third-order valence-electron chi connectivity index (χ3n) is 2.45. The lowest BCUT2D eigenvalue weighted by Crippen LogP contribution is -2.24. The van der Waals surface area contributed by atoms with Crippen LogP contribution < -0.4 is 5.32 Å². The third kappa shape index (κ3) is 3.66. The van der Waals surface area contributed by atoms with Crippen LogP contribution in [-0.2, 0) is 6.42 Å². The van der Waals surface area contributed by atoms with E-state index in [2.05, 4.69) is 22.4 Å². The maximum atomic E-state index is 5.85. The molecule has 2 aromatic heterocycles. The first-order valence-corrected chi connectivity index (χ1v) is 6.80. The number of rotatable bonds is 5. The lowest BCUT2D eigenvalue weighted by atomic mass is 10.2. The zero-order valence-corrected chi connectivity index (χ0v) is 11.8. The van der Waals surface area contributed by atoms with E-state index in [0.29, 0.717) is 17.8 Å². The Balaban J connectivity index is 2.00. The van der Waals surface area contributed by atoms with E-state index in [4.69, 9.17) is 16.1 Å². The summed E-state index contributed by atoms with van der Waals surface area (Å²) in [6.45, 7) is 2.07. The van der Waals surface area contributed by atoms with E-state index < -0.39 is 0 Å². The molecule has 6 heteroatoms. The van der Waals surface area contributed by atoms with Crippen LogP contribution in [0.25, 0.3) is 12.2 Å². The second kappa shape index (κ2) is 6.13. The number of nitrogens with one attached hydrogen (secondary N) is 1. The van der Waals surface area contributed by atoms with Crippen molar-refractivity contribution in [1.29, 1.82) is 0 Å². The Hall–Kier alpha value is -1.17. The molecular formula is C12H14ClN3OS. The number of nitrogens with zero attached hydrogens (tertiary/aromatic N) is 2. The van der Waals surface area contributed by atoms with Gasteiger partial charge >= 0.3 is 0 Å². The van der Waals surface area contributed by atoms with Crippen LogP contribution in [0.2, 0.25) is 4.34 Å². The van der Waals surface area contributed by atoms with Gasteiger partial charge in [-0.15, -0.1) is 11.3 Å². The third-order valence-corrected chi connectivity index (χ3v) is 3.65. The summed E-state index contributed by atoms with van der Waals surface area (Å²) in [5.74, 6) is 1.22. The fourth-order valence-electron chi connectivity index (χ4n) is 1.37. The van der Waals surface area contributed by atoms with Gasteiger partial charge in [0, 0.05) is 23.4 Å². The van der Waals surface area contributed by atoms with E-state index in [1.54, 1.807) is 6.08 Å². The number of aromatic nitrogens is 2. The molecule has 1 unspecified atom stereocenters. The maximum Gasteiger partial charge on any atom is 0.250 e. The molecule has 1 atom stereocenters. The van der Waals surface area contributed by atoms with Crippen LogP contribution in [0.4, 0.5) is 0 Å². The van der Waals surface area contributed by atoms with Gasteiger partial charge in [-0.3, -0.25) is 0 Å². The van der Waals surface area contributed by atoms with Gasteiger partial charge in [0.15, 0.2) is 5.82 Å². The van der Waals surface area contributed by atoms with Crippen molar-refractivity contribution in [3.8, 4) is 0 Å². The lowest BCUT2D eigenvalue weighted by molar-refractivity contribution is 0.400. The molecule has 2 aromatic rings. The Kier molecular flexibility index (Phi) is 4.52. The van der Waals surface area contributed by atoms with E-state index >= 15 is 0 Å². The fraction of sp³-hybridized carbons (Fsp3) is 0.333. The second-order valence-electron chi connectivity index (χ2n) is 3.92. The molecule has 96 valence electrons. The van der Waals surface area contributed by atoms with Crippen LogP contribution in [0, 0.1) is 0 Å². The largest absolute Gasteiger partial charge is 0.335 e. The smallest absolute Gasteiger partial charge is 0.250 e. The summed E-state index contributed by atoms with van der Waals surface area (Å²) in [5, 5.41) is 7.05. The van der Waals surface area contributed by atoms with Crippen LogP contribution in [0.1, 0.15) is 23.5 Å². The molecule has 0 saturated carbocycles. The minimum Gasteiger partial charge on any atom is -0.335 e. The molecule has 1 N–H and O–H groups in total. The Labute approximate surface area is 115 Å². The number of likely N-dealkylation sites (N-methyl/N-ethyl adjacent to an activating group) is 1. The zero-order chi connectivity index (χ0) is 13.0. The van der Waals surface area contributed by atoms with Gasteiger partial charge in [-0.25, -0.2) is 0 Å². The molecule has 0 amide bonds. The van der Waals surface area contributed by atoms with Crippen LogP contribution in [-0.4, -0.2) is 23.2 Å². The molecule has 0 bridgehead atoms. The quantitative estimate of drug-likeness (QED) is 0.916. The highest BCUT2D eigenvalue weighted by Crippen LogP contribution is 2.23. The molecule has 0 aliphatic carbocycles. The Bertz CT molecular complexity index is 535. The van der Waals surface area contributed by atoms with Crippen molar-refractivity contribution >= 4 is 35.1 Å². The first-order chi connectivity index (χ1) is 8.67. The molecule has 0 aliphatic rings. The van der Waals surface area contributed by atoms with Crippen molar-refractivity contribution in [3.05, 3.63) is 33.1 Å².